The van der Waals surface area contributed by atoms with E-state index in [2.05, 4.69) is 11.2 Å². The smallest absolute Gasteiger partial charge is 0.179 e. The molecule has 0 heterocycles. The van der Waals surface area contributed by atoms with Crippen LogP contribution in [0.4, 0.5) is 0 Å². The van der Waals surface area contributed by atoms with Gasteiger partial charge in [0.2, 0.25) is 0 Å². The van der Waals surface area contributed by atoms with Gasteiger partial charge in [-0.1, -0.05) is 0 Å². The number of thioether (sulfide) groups is 1. The molecule has 1 aliphatic rings. The van der Waals surface area contributed by atoms with Gasteiger partial charge in [0.15, 0.2) is 9.84 Å². The molecule has 1 fully saturated rings. The number of sulfone groups is 1. The van der Waals surface area contributed by atoms with Gasteiger partial charge in [-0.2, -0.15) is 17.0 Å². The summed E-state index contributed by atoms with van der Waals surface area (Å²) in [6.07, 6.45) is 5.66. The molecule has 0 aromatic heterocycles. The average Bonchev–Trinajstić information content (AvgIpc) is 3.02. The highest BCUT2D eigenvalue weighted by atomic mass is 32.2. The molecule has 0 radical (unpaired) electrons. The SMILES string of the molecule is CS[C@@H]1CC[C@H](N(C)CCS(=O)(=O)c2ccc(C#N)cc2)C1. The van der Waals surface area contributed by atoms with Crippen LogP contribution in [-0.4, -0.2) is 50.2 Å². The molecule has 1 aliphatic carbocycles. The summed E-state index contributed by atoms with van der Waals surface area (Å²) in [7, 11) is -1.27. The van der Waals surface area contributed by atoms with Crippen LogP contribution in [0.15, 0.2) is 29.2 Å². The summed E-state index contributed by atoms with van der Waals surface area (Å²) in [6, 6.07) is 8.64. The Hall–Kier alpha value is -1.03. The van der Waals surface area contributed by atoms with Gasteiger partial charge in [0.05, 0.1) is 22.3 Å². The molecule has 22 heavy (non-hydrogen) atoms. The maximum atomic E-state index is 12.4. The van der Waals surface area contributed by atoms with Gasteiger partial charge < -0.3 is 4.90 Å². The molecular formula is C16H22N2O2S2. The third kappa shape index (κ3) is 4.25. The summed E-state index contributed by atoms with van der Waals surface area (Å²) >= 11 is 1.91. The van der Waals surface area contributed by atoms with E-state index in [0.29, 0.717) is 28.3 Å². The fourth-order valence-corrected chi connectivity index (χ4v) is 4.93. The van der Waals surface area contributed by atoms with Gasteiger partial charge in [-0.15, -0.1) is 0 Å². The first-order valence-corrected chi connectivity index (χ1v) is 10.4. The van der Waals surface area contributed by atoms with Gasteiger partial charge in [-0.25, -0.2) is 8.42 Å². The van der Waals surface area contributed by atoms with Gasteiger partial charge in [-0.3, -0.25) is 0 Å². The lowest BCUT2D eigenvalue weighted by Gasteiger charge is -2.24. The number of hydrogen-bond acceptors (Lipinski definition) is 5. The van der Waals surface area contributed by atoms with Gasteiger partial charge >= 0.3 is 0 Å². The zero-order valence-corrected chi connectivity index (χ0v) is 14.7. The van der Waals surface area contributed by atoms with Gasteiger partial charge in [0.1, 0.15) is 0 Å². The molecule has 0 aliphatic heterocycles. The van der Waals surface area contributed by atoms with E-state index in [9.17, 15) is 8.42 Å². The molecule has 2 atom stereocenters. The Morgan fingerprint density at radius 1 is 1.32 bits per heavy atom. The summed E-state index contributed by atoms with van der Waals surface area (Å²) in [5.74, 6) is 0.121. The van der Waals surface area contributed by atoms with Crippen LogP contribution >= 0.6 is 11.8 Å². The van der Waals surface area contributed by atoms with E-state index in [1.165, 1.54) is 18.6 Å². The van der Waals surface area contributed by atoms with Gasteiger partial charge in [-0.05, 0) is 56.8 Å². The van der Waals surface area contributed by atoms with Crippen LogP contribution in [0.1, 0.15) is 24.8 Å². The number of nitriles is 1. The fourth-order valence-electron chi connectivity index (χ4n) is 2.83. The lowest BCUT2D eigenvalue weighted by atomic mass is 10.2. The summed E-state index contributed by atoms with van der Waals surface area (Å²) < 4.78 is 24.7. The topological polar surface area (TPSA) is 61.2 Å². The molecule has 0 spiro atoms. The lowest BCUT2D eigenvalue weighted by molar-refractivity contribution is 0.259. The van der Waals surface area contributed by atoms with Crippen molar-refractivity contribution in [3.05, 3.63) is 29.8 Å². The molecule has 1 aromatic carbocycles. The molecule has 0 amide bonds. The Morgan fingerprint density at radius 3 is 2.55 bits per heavy atom. The standard InChI is InChI=1S/C16H22N2O2S2/c1-18(14-5-6-15(11-14)21-2)9-10-22(19,20)16-7-3-13(12-17)4-8-16/h3-4,7-8,14-15H,5-6,9-11H2,1-2H3/t14-,15+/m0/s1. The molecule has 1 saturated carbocycles. The second-order valence-electron chi connectivity index (χ2n) is 5.76. The first kappa shape index (κ1) is 17.3. The largest absolute Gasteiger partial charge is 0.302 e. The van der Waals surface area contributed by atoms with E-state index >= 15 is 0 Å². The highest BCUT2D eigenvalue weighted by Crippen LogP contribution is 2.30. The first-order valence-electron chi connectivity index (χ1n) is 7.42. The Kier molecular flexibility index (Phi) is 5.90. The van der Waals surface area contributed by atoms with Gasteiger partial charge in [0.25, 0.3) is 0 Å². The highest BCUT2D eigenvalue weighted by Gasteiger charge is 2.27. The summed E-state index contributed by atoms with van der Waals surface area (Å²) in [4.78, 5) is 2.48. The number of hydrogen-bond donors (Lipinski definition) is 0. The maximum Gasteiger partial charge on any atom is 0.179 e. The van der Waals surface area contributed by atoms with Crippen LogP contribution in [0.5, 0.6) is 0 Å². The number of rotatable bonds is 6. The second kappa shape index (κ2) is 7.49. The Morgan fingerprint density at radius 2 is 2.00 bits per heavy atom. The average molecular weight is 338 g/mol. The Bertz CT molecular complexity index is 635. The quantitative estimate of drug-likeness (QED) is 0.798. The van der Waals surface area contributed by atoms with E-state index < -0.39 is 9.84 Å². The van der Waals surface area contributed by atoms with Crippen LogP contribution in [0, 0.1) is 11.3 Å². The van der Waals surface area contributed by atoms with Crippen molar-refractivity contribution in [1.29, 1.82) is 5.26 Å². The molecule has 4 nitrogen and oxygen atoms in total. The van der Waals surface area contributed by atoms with Crippen molar-refractivity contribution >= 4 is 21.6 Å². The molecule has 6 heteroatoms. The van der Waals surface area contributed by atoms with Crippen molar-refractivity contribution in [2.75, 3.05) is 25.6 Å². The molecular weight excluding hydrogens is 316 g/mol. The molecule has 0 bridgehead atoms. The molecule has 2 rings (SSSR count). The van der Waals surface area contributed by atoms with Crippen molar-refractivity contribution in [3.8, 4) is 6.07 Å². The highest BCUT2D eigenvalue weighted by molar-refractivity contribution is 7.99. The third-order valence-corrected chi connectivity index (χ3v) is 7.17. The monoisotopic (exact) mass is 338 g/mol. The summed E-state index contributed by atoms with van der Waals surface area (Å²) in [5, 5.41) is 9.47. The maximum absolute atomic E-state index is 12.4. The third-order valence-electron chi connectivity index (χ3n) is 4.37. The van der Waals surface area contributed by atoms with Crippen molar-refractivity contribution in [1.82, 2.24) is 4.90 Å². The normalized spacial score (nSPS) is 21.9. The minimum absolute atomic E-state index is 0.121. The van der Waals surface area contributed by atoms with Crippen molar-refractivity contribution in [2.45, 2.75) is 35.4 Å². The molecule has 0 N–H and O–H groups in total. The Balaban J connectivity index is 1.93. The number of nitrogens with zero attached hydrogens (tertiary/aromatic N) is 2. The van der Waals surface area contributed by atoms with Crippen molar-refractivity contribution in [2.24, 2.45) is 0 Å². The summed E-state index contributed by atoms with van der Waals surface area (Å²) in [6.45, 7) is 0.550. The molecule has 120 valence electrons. The minimum Gasteiger partial charge on any atom is -0.302 e. The van der Waals surface area contributed by atoms with Crippen molar-refractivity contribution in [3.63, 3.8) is 0 Å². The minimum atomic E-state index is -3.29. The van der Waals surface area contributed by atoms with E-state index in [1.807, 2.05) is 24.9 Å². The van der Waals surface area contributed by atoms with Crippen LogP contribution < -0.4 is 0 Å². The predicted molar refractivity (Wildman–Crippen MR) is 90.8 cm³/mol. The van der Waals surface area contributed by atoms with Crippen LogP contribution in [0.2, 0.25) is 0 Å². The number of benzene rings is 1. The molecule has 0 saturated heterocycles. The lowest BCUT2D eigenvalue weighted by Crippen LogP contribution is -2.34. The van der Waals surface area contributed by atoms with E-state index in [1.54, 1.807) is 12.1 Å². The van der Waals surface area contributed by atoms with Crippen LogP contribution in [-0.2, 0) is 9.84 Å². The van der Waals surface area contributed by atoms with Gasteiger partial charge in [0, 0.05) is 17.8 Å². The van der Waals surface area contributed by atoms with Crippen molar-refractivity contribution < 1.29 is 8.42 Å². The van der Waals surface area contributed by atoms with E-state index in [0.717, 1.165) is 12.8 Å². The molecule has 1 aromatic rings. The Labute approximate surface area is 137 Å². The predicted octanol–water partition coefficient (Wildman–Crippen LogP) is 2.55. The van der Waals surface area contributed by atoms with Crippen LogP contribution in [0.25, 0.3) is 0 Å². The van der Waals surface area contributed by atoms with E-state index in [4.69, 9.17) is 5.26 Å². The summed E-state index contributed by atoms with van der Waals surface area (Å²) in [5.41, 5.74) is 0.477. The zero-order chi connectivity index (χ0) is 16.2. The van der Waals surface area contributed by atoms with Crippen LogP contribution in [0.3, 0.4) is 0 Å². The first-order chi connectivity index (χ1) is 10.5. The fraction of sp³-hybridized carbons (Fsp3) is 0.562. The molecule has 0 unspecified atom stereocenters. The van der Waals surface area contributed by atoms with E-state index in [-0.39, 0.29) is 5.75 Å². The zero-order valence-electron chi connectivity index (χ0n) is 13.0. The second-order valence-corrected chi connectivity index (χ2v) is 9.01.